The number of nitrogens with zero attached hydrogens (tertiary/aromatic N) is 3. The van der Waals surface area contributed by atoms with Crippen molar-refractivity contribution in [2.45, 2.75) is 26.3 Å². The number of aromatic nitrogens is 3. The minimum absolute atomic E-state index is 0.132. The Hall–Kier alpha value is -3.88. The molecule has 2 amide bonds. The van der Waals surface area contributed by atoms with Gasteiger partial charge in [-0.1, -0.05) is 12.1 Å². The van der Waals surface area contributed by atoms with Crippen molar-refractivity contribution in [1.82, 2.24) is 14.8 Å². The highest BCUT2D eigenvalue weighted by Crippen LogP contribution is 2.34. The van der Waals surface area contributed by atoms with E-state index < -0.39 is 0 Å². The van der Waals surface area contributed by atoms with Crippen molar-refractivity contribution in [3.63, 3.8) is 0 Å². The summed E-state index contributed by atoms with van der Waals surface area (Å²) in [5, 5.41) is 9.73. The maximum absolute atomic E-state index is 12.3. The molecule has 31 heavy (non-hydrogen) atoms. The highest BCUT2D eigenvalue weighted by Gasteiger charge is 2.28. The van der Waals surface area contributed by atoms with Crippen LogP contribution in [0.25, 0.3) is 0 Å². The Morgan fingerprint density at radius 1 is 1.19 bits per heavy atom. The number of methoxy groups -OCH3 is 1. The van der Waals surface area contributed by atoms with Gasteiger partial charge in [0, 0.05) is 5.69 Å². The Labute approximate surface area is 179 Å². The van der Waals surface area contributed by atoms with Gasteiger partial charge in [0.05, 0.1) is 19.6 Å². The van der Waals surface area contributed by atoms with Gasteiger partial charge in [-0.25, -0.2) is 4.68 Å². The summed E-state index contributed by atoms with van der Waals surface area (Å²) in [5.41, 5.74) is 3.69. The molecule has 0 bridgehead atoms. The van der Waals surface area contributed by atoms with E-state index in [0.29, 0.717) is 17.4 Å². The van der Waals surface area contributed by atoms with Crippen LogP contribution in [0.15, 0.2) is 42.7 Å². The normalized spacial score (nSPS) is 15.1. The molecule has 2 heterocycles. The van der Waals surface area contributed by atoms with E-state index in [1.165, 1.54) is 13.4 Å². The predicted molar refractivity (Wildman–Crippen MR) is 114 cm³/mol. The zero-order chi connectivity index (χ0) is 22.0. The van der Waals surface area contributed by atoms with Crippen molar-refractivity contribution in [1.29, 1.82) is 0 Å². The van der Waals surface area contributed by atoms with Crippen LogP contribution >= 0.6 is 0 Å². The molecule has 2 N–H and O–H groups in total. The average molecular weight is 421 g/mol. The van der Waals surface area contributed by atoms with Crippen LogP contribution in [0.3, 0.4) is 0 Å². The van der Waals surface area contributed by atoms with Crippen LogP contribution in [0, 0.1) is 13.8 Å². The lowest BCUT2D eigenvalue weighted by molar-refractivity contribution is -0.118. The number of benzene rings is 2. The molecule has 0 saturated heterocycles. The third-order valence-corrected chi connectivity index (χ3v) is 4.93. The van der Waals surface area contributed by atoms with Crippen molar-refractivity contribution < 1.29 is 19.1 Å². The second-order valence-corrected chi connectivity index (χ2v) is 7.42. The lowest BCUT2D eigenvalue weighted by Gasteiger charge is -2.24. The van der Waals surface area contributed by atoms with Crippen LogP contribution in [-0.4, -0.2) is 40.3 Å². The van der Waals surface area contributed by atoms with Gasteiger partial charge in [0.25, 0.3) is 5.91 Å². The Bertz CT molecular complexity index is 1120. The van der Waals surface area contributed by atoms with E-state index in [4.69, 9.17) is 9.47 Å². The van der Waals surface area contributed by atoms with E-state index in [-0.39, 0.29) is 30.9 Å². The summed E-state index contributed by atoms with van der Waals surface area (Å²) < 4.78 is 12.8. The molecule has 160 valence electrons. The van der Waals surface area contributed by atoms with Gasteiger partial charge in [0.15, 0.2) is 18.1 Å². The van der Waals surface area contributed by atoms with Crippen LogP contribution in [0.5, 0.6) is 11.5 Å². The smallest absolute Gasteiger partial charge is 0.262 e. The van der Waals surface area contributed by atoms with Crippen molar-refractivity contribution >= 4 is 23.5 Å². The predicted octanol–water partition coefficient (Wildman–Crippen LogP) is 2.85. The maximum atomic E-state index is 12.3. The Morgan fingerprint density at radius 2 is 1.97 bits per heavy atom. The molecule has 9 nitrogen and oxygen atoms in total. The van der Waals surface area contributed by atoms with E-state index in [1.807, 2.05) is 38.1 Å². The summed E-state index contributed by atoms with van der Waals surface area (Å²) >= 11 is 0. The quantitative estimate of drug-likeness (QED) is 0.634. The molecule has 3 aromatic rings. The fraction of sp³-hybridized carbons (Fsp3) is 0.273. The molecular formula is C22H23N5O4. The molecule has 0 fully saturated rings. The van der Waals surface area contributed by atoms with Gasteiger partial charge >= 0.3 is 0 Å². The van der Waals surface area contributed by atoms with Crippen molar-refractivity contribution in [3.05, 3.63) is 59.4 Å². The summed E-state index contributed by atoms with van der Waals surface area (Å²) in [6.45, 7) is 3.79. The van der Waals surface area contributed by atoms with Crippen LogP contribution in [0.2, 0.25) is 0 Å². The number of anilines is 2. The van der Waals surface area contributed by atoms with Crippen molar-refractivity contribution in [2.75, 3.05) is 24.4 Å². The maximum Gasteiger partial charge on any atom is 0.262 e. The number of hydrogen-bond acceptors (Lipinski definition) is 6. The summed E-state index contributed by atoms with van der Waals surface area (Å²) in [6.07, 6.45) is 1.63. The molecule has 1 aliphatic heterocycles. The molecule has 1 aromatic heterocycles. The Kier molecular flexibility index (Phi) is 5.57. The van der Waals surface area contributed by atoms with Gasteiger partial charge < -0.3 is 14.8 Å². The average Bonchev–Trinajstić information content (AvgIpc) is 3.19. The number of nitrogens with one attached hydrogen (secondary N) is 2. The summed E-state index contributed by atoms with van der Waals surface area (Å²) in [4.78, 5) is 28.4. The third kappa shape index (κ3) is 4.50. The van der Waals surface area contributed by atoms with Crippen LogP contribution < -0.4 is 20.1 Å². The minimum Gasteiger partial charge on any atom is -0.493 e. The highest BCUT2D eigenvalue weighted by atomic mass is 16.5. The molecule has 0 saturated carbocycles. The van der Waals surface area contributed by atoms with Crippen LogP contribution in [0.1, 0.15) is 29.2 Å². The topological polar surface area (TPSA) is 107 Å². The van der Waals surface area contributed by atoms with Gasteiger partial charge in [0.1, 0.15) is 6.33 Å². The number of carbonyl (C=O) groups excluding carboxylic acids is 2. The molecule has 0 unspecified atom stereocenters. The zero-order valence-electron chi connectivity index (χ0n) is 17.5. The Balaban J connectivity index is 1.46. The molecule has 9 heteroatoms. The molecule has 4 rings (SSSR count). The van der Waals surface area contributed by atoms with Crippen molar-refractivity contribution in [2.24, 2.45) is 0 Å². The number of fused-ring (bicyclic) bond motifs is 1. The van der Waals surface area contributed by atoms with E-state index >= 15 is 0 Å². The first-order valence-corrected chi connectivity index (χ1v) is 9.81. The number of rotatable bonds is 6. The number of hydrogen-bond donors (Lipinski definition) is 2. The summed E-state index contributed by atoms with van der Waals surface area (Å²) in [7, 11) is 1.52. The van der Waals surface area contributed by atoms with Crippen LogP contribution in [-0.2, 0) is 9.59 Å². The first-order chi connectivity index (χ1) is 14.9. The standard InChI is InChI=1S/C22H23N5O4/c1-13-6-14(2)8-16(7-13)25-21(29)11-31-18-5-4-15(9-19(18)30-3)17-10-20(28)26-22-23-12-24-27(17)22/h4-9,12,17H,10-11H2,1-3H3,(H,25,29)(H,23,24,26,28)/t17-/m0/s1. The minimum atomic E-state index is -0.304. The van der Waals surface area contributed by atoms with E-state index in [2.05, 4.69) is 20.7 Å². The highest BCUT2D eigenvalue weighted by molar-refractivity contribution is 5.92. The number of ether oxygens (including phenoxy) is 2. The molecule has 2 aromatic carbocycles. The van der Waals surface area contributed by atoms with Gasteiger partial charge in [-0.15, -0.1) is 0 Å². The summed E-state index contributed by atoms with van der Waals surface area (Å²) in [6, 6.07) is 10.9. The van der Waals surface area contributed by atoms with Gasteiger partial charge in [-0.05, 0) is 54.8 Å². The van der Waals surface area contributed by atoms with E-state index in [0.717, 1.165) is 22.4 Å². The second kappa shape index (κ2) is 8.47. The molecule has 1 atom stereocenters. The summed E-state index contributed by atoms with van der Waals surface area (Å²) in [5.74, 6) is 0.897. The van der Waals surface area contributed by atoms with Crippen molar-refractivity contribution in [3.8, 4) is 11.5 Å². The lowest BCUT2D eigenvalue weighted by atomic mass is 10.0. The van der Waals surface area contributed by atoms with Crippen LogP contribution in [0.4, 0.5) is 11.6 Å². The molecule has 0 radical (unpaired) electrons. The first kappa shape index (κ1) is 20.4. The fourth-order valence-corrected chi connectivity index (χ4v) is 3.66. The zero-order valence-corrected chi connectivity index (χ0v) is 17.5. The number of aryl methyl sites for hydroxylation is 2. The number of carbonyl (C=O) groups is 2. The van der Waals surface area contributed by atoms with Gasteiger partial charge in [0.2, 0.25) is 11.9 Å². The van der Waals surface area contributed by atoms with Gasteiger partial charge in [-0.2, -0.15) is 10.1 Å². The second-order valence-electron chi connectivity index (χ2n) is 7.42. The number of amides is 2. The largest absolute Gasteiger partial charge is 0.493 e. The van der Waals surface area contributed by atoms with E-state index in [1.54, 1.807) is 16.8 Å². The molecule has 0 aliphatic carbocycles. The SMILES string of the molecule is COc1cc([C@@H]2CC(=O)Nc3ncnn32)ccc1OCC(=O)Nc1cc(C)cc(C)c1. The molecule has 1 aliphatic rings. The monoisotopic (exact) mass is 421 g/mol. The molecular weight excluding hydrogens is 398 g/mol. The molecule has 0 spiro atoms. The lowest BCUT2D eigenvalue weighted by Crippen LogP contribution is -2.29. The Morgan fingerprint density at radius 3 is 2.71 bits per heavy atom. The van der Waals surface area contributed by atoms with Gasteiger partial charge in [-0.3, -0.25) is 14.9 Å². The first-order valence-electron chi connectivity index (χ1n) is 9.81. The van der Waals surface area contributed by atoms with E-state index in [9.17, 15) is 9.59 Å². The third-order valence-electron chi connectivity index (χ3n) is 4.93. The fourth-order valence-electron chi connectivity index (χ4n) is 3.66.